The van der Waals surface area contributed by atoms with Crippen LogP contribution in [0.4, 0.5) is 0 Å². The second-order valence-corrected chi connectivity index (χ2v) is 4.44. The van der Waals surface area contributed by atoms with E-state index in [-0.39, 0.29) is 19.8 Å². The zero-order chi connectivity index (χ0) is 8.54. The highest BCUT2D eigenvalue weighted by Crippen LogP contribution is 2.49. The SMILES string of the molecule is CC1(CO)COP(=O)(O)OC1. The molecule has 0 bridgehead atoms. The first-order valence-corrected chi connectivity index (χ1v) is 4.70. The highest BCUT2D eigenvalue weighted by Gasteiger charge is 2.37. The molecule has 11 heavy (non-hydrogen) atoms. The molecular formula is C5H11O5P. The van der Waals surface area contributed by atoms with Gasteiger partial charge in [0.1, 0.15) is 0 Å². The standard InChI is InChI=1S/C5H11O5P/c1-5(2-6)3-9-11(7,8)10-4-5/h6H,2-4H2,1H3,(H,7,8). The average molecular weight is 182 g/mol. The van der Waals surface area contributed by atoms with E-state index in [9.17, 15) is 4.57 Å². The average Bonchev–Trinajstić information content (AvgIpc) is 1.97. The monoisotopic (exact) mass is 182 g/mol. The van der Waals surface area contributed by atoms with Gasteiger partial charge >= 0.3 is 7.82 Å². The van der Waals surface area contributed by atoms with Gasteiger partial charge in [-0.25, -0.2) is 4.57 Å². The Balaban J connectivity index is 2.54. The maximum absolute atomic E-state index is 10.7. The van der Waals surface area contributed by atoms with Crippen LogP contribution < -0.4 is 0 Å². The van der Waals surface area contributed by atoms with Gasteiger partial charge in [-0.2, -0.15) is 0 Å². The second-order valence-electron chi connectivity index (χ2n) is 2.98. The topological polar surface area (TPSA) is 76.0 Å². The second kappa shape index (κ2) is 2.84. The summed E-state index contributed by atoms with van der Waals surface area (Å²) in [6.45, 7) is 1.70. The van der Waals surface area contributed by atoms with Gasteiger partial charge in [-0.1, -0.05) is 6.92 Å². The summed E-state index contributed by atoms with van der Waals surface area (Å²) in [7, 11) is -3.79. The smallest absolute Gasteiger partial charge is 0.396 e. The van der Waals surface area contributed by atoms with Gasteiger partial charge in [-0.05, 0) is 0 Å². The van der Waals surface area contributed by atoms with Gasteiger partial charge in [-0.3, -0.25) is 9.05 Å². The molecule has 1 aliphatic heterocycles. The summed E-state index contributed by atoms with van der Waals surface area (Å²) in [6, 6.07) is 0. The Morgan fingerprint density at radius 1 is 1.55 bits per heavy atom. The number of phosphoric acid groups is 1. The van der Waals surface area contributed by atoms with E-state index in [1.54, 1.807) is 6.92 Å². The van der Waals surface area contributed by atoms with Gasteiger partial charge < -0.3 is 10.00 Å². The van der Waals surface area contributed by atoms with Gasteiger partial charge in [0, 0.05) is 5.41 Å². The molecule has 1 fully saturated rings. The summed E-state index contributed by atoms with van der Waals surface area (Å²) in [5, 5.41) is 8.79. The number of rotatable bonds is 1. The molecule has 0 radical (unpaired) electrons. The molecule has 1 saturated heterocycles. The molecule has 5 nitrogen and oxygen atoms in total. The van der Waals surface area contributed by atoms with Crippen LogP contribution in [0.3, 0.4) is 0 Å². The molecule has 2 N–H and O–H groups in total. The van der Waals surface area contributed by atoms with Crippen molar-refractivity contribution >= 4 is 7.82 Å². The molecule has 1 heterocycles. The summed E-state index contributed by atoms with van der Waals surface area (Å²) in [5.41, 5.74) is -0.545. The molecule has 66 valence electrons. The molecule has 0 aromatic rings. The normalized spacial score (nSPS) is 45.7. The predicted molar refractivity (Wildman–Crippen MR) is 36.9 cm³/mol. The molecule has 6 heteroatoms. The minimum absolute atomic E-state index is 0.0529. The molecule has 0 aliphatic carbocycles. The van der Waals surface area contributed by atoms with E-state index < -0.39 is 13.2 Å². The summed E-state index contributed by atoms with van der Waals surface area (Å²) in [6.07, 6.45) is 0. The van der Waals surface area contributed by atoms with Crippen molar-refractivity contribution in [3.63, 3.8) is 0 Å². The molecule has 0 unspecified atom stereocenters. The summed E-state index contributed by atoms with van der Waals surface area (Å²) in [4.78, 5) is 8.73. The van der Waals surface area contributed by atoms with E-state index in [1.165, 1.54) is 0 Å². The lowest BCUT2D eigenvalue weighted by molar-refractivity contribution is -0.0257. The van der Waals surface area contributed by atoms with E-state index in [4.69, 9.17) is 10.00 Å². The van der Waals surface area contributed by atoms with Crippen molar-refractivity contribution in [1.82, 2.24) is 0 Å². The highest BCUT2D eigenvalue weighted by molar-refractivity contribution is 7.47. The number of hydrogen-bond donors (Lipinski definition) is 2. The Morgan fingerprint density at radius 3 is 2.36 bits per heavy atom. The van der Waals surface area contributed by atoms with Crippen LogP contribution in [0.5, 0.6) is 0 Å². The van der Waals surface area contributed by atoms with Gasteiger partial charge in [0.05, 0.1) is 19.8 Å². The van der Waals surface area contributed by atoms with E-state index >= 15 is 0 Å². The fourth-order valence-electron chi connectivity index (χ4n) is 0.645. The number of aliphatic hydroxyl groups is 1. The molecule has 0 aromatic carbocycles. The maximum atomic E-state index is 10.7. The van der Waals surface area contributed by atoms with E-state index in [0.29, 0.717) is 0 Å². The van der Waals surface area contributed by atoms with Crippen LogP contribution in [0.25, 0.3) is 0 Å². The number of aliphatic hydroxyl groups excluding tert-OH is 1. The zero-order valence-electron chi connectivity index (χ0n) is 6.19. The van der Waals surface area contributed by atoms with Crippen molar-refractivity contribution in [2.24, 2.45) is 5.41 Å². The molecule has 0 saturated carbocycles. The minimum atomic E-state index is -3.79. The maximum Gasteiger partial charge on any atom is 0.472 e. The Morgan fingerprint density at radius 2 is 2.00 bits per heavy atom. The first kappa shape index (κ1) is 9.16. The number of phosphoric ester groups is 1. The highest BCUT2D eigenvalue weighted by atomic mass is 31.2. The first-order chi connectivity index (χ1) is 4.97. The minimum Gasteiger partial charge on any atom is -0.396 e. The molecule has 1 aliphatic rings. The quantitative estimate of drug-likeness (QED) is 0.564. The molecular weight excluding hydrogens is 171 g/mol. The van der Waals surface area contributed by atoms with Crippen LogP contribution in [0.15, 0.2) is 0 Å². The van der Waals surface area contributed by atoms with Gasteiger partial charge in [-0.15, -0.1) is 0 Å². The molecule has 0 aromatic heterocycles. The Bertz CT molecular complexity index is 179. The lowest BCUT2D eigenvalue weighted by Gasteiger charge is -2.32. The predicted octanol–water partition coefficient (Wildman–Crippen LogP) is 0.132. The van der Waals surface area contributed by atoms with Crippen LogP contribution in [0, 0.1) is 5.41 Å². The lowest BCUT2D eigenvalue weighted by Crippen LogP contribution is -2.35. The van der Waals surface area contributed by atoms with Crippen molar-refractivity contribution in [2.75, 3.05) is 19.8 Å². The molecule has 0 amide bonds. The van der Waals surface area contributed by atoms with Crippen molar-refractivity contribution < 1.29 is 23.6 Å². The third kappa shape index (κ3) is 2.25. The largest absolute Gasteiger partial charge is 0.472 e. The van der Waals surface area contributed by atoms with Gasteiger partial charge in [0.2, 0.25) is 0 Å². The third-order valence-electron chi connectivity index (χ3n) is 1.53. The zero-order valence-corrected chi connectivity index (χ0v) is 7.08. The van der Waals surface area contributed by atoms with E-state index in [0.717, 1.165) is 0 Å². The van der Waals surface area contributed by atoms with Crippen LogP contribution in [0.2, 0.25) is 0 Å². The molecule has 0 atom stereocenters. The van der Waals surface area contributed by atoms with Crippen molar-refractivity contribution in [3.05, 3.63) is 0 Å². The van der Waals surface area contributed by atoms with Crippen molar-refractivity contribution in [1.29, 1.82) is 0 Å². The van der Waals surface area contributed by atoms with Crippen LogP contribution >= 0.6 is 7.82 Å². The van der Waals surface area contributed by atoms with E-state index in [2.05, 4.69) is 9.05 Å². The summed E-state index contributed by atoms with van der Waals surface area (Å²) in [5.74, 6) is 0. The number of hydrogen-bond acceptors (Lipinski definition) is 4. The summed E-state index contributed by atoms with van der Waals surface area (Å²) < 4.78 is 19.7. The Hall–Kier alpha value is 0.0700. The van der Waals surface area contributed by atoms with Crippen LogP contribution in [-0.2, 0) is 13.6 Å². The molecule has 1 rings (SSSR count). The fraction of sp³-hybridized carbons (Fsp3) is 1.00. The van der Waals surface area contributed by atoms with E-state index in [1.807, 2.05) is 0 Å². The first-order valence-electron chi connectivity index (χ1n) is 3.20. The molecule has 0 spiro atoms. The Kier molecular flexibility index (Phi) is 2.37. The van der Waals surface area contributed by atoms with Crippen LogP contribution in [-0.4, -0.2) is 29.8 Å². The van der Waals surface area contributed by atoms with Gasteiger partial charge in [0.15, 0.2) is 0 Å². The Labute approximate surface area is 64.6 Å². The van der Waals surface area contributed by atoms with Crippen molar-refractivity contribution in [3.8, 4) is 0 Å². The lowest BCUT2D eigenvalue weighted by atomic mass is 9.95. The fourth-order valence-corrected chi connectivity index (χ4v) is 1.67. The third-order valence-corrected chi connectivity index (χ3v) is 2.44. The van der Waals surface area contributed by atoms with Crippen LogP contribution in [0.1, 0.15) is 6.92 Å². The summed E-state index contributed by atoms with van der Waals surface area (Å²) >= 11 is 0. The van der Waals surface area contributed by atoms with Crippen molar-refractivity contribution in [2.45, 2.75) is 6.92 Å². The van der Waals surface area contributed by atoms with Gasteiger partial charge in [0.25, 0.3) is 0 Å².